The molecular formula is C25H42N2O2. The fraction of sp³-hybridized carbons (Fsp3) is 0.960. The van der Waals surface area contributed by atoms with E-state index in [0.717, 1.165) is 36.5 Å². The quantitative estimate of drug-likeness (QED) is 0.660. The molecule has 0 amide bonds. The highest BCUT2D eigenvalue weighted by atomic mass is 16.6. The lowest BCUT2D eigenvalue weighted by molar-refractivity contribution is -0.124. The molecule has 0 bridgehead atoms. The predicted octanol–water partition coefficient (Wildman–Crippen LogP) is 4.89. The van der Waals surface area contributed by atoms with E-state index < -0.39 is 0 Å². The first-order chi connectivity index (χ1) is 13.7. The van der Waals surface area contributed by atoms with Gasteiger partial charge in [0, 0.05) is 12.0 Å². The van der Waals surface area contributed by atoms with E-state index in [4.69, 9.17) is 15.7 Å². The molecule has 29 heavy (non-hydrogen) atoms. The van der Waals surface area contributed by atoms with Crippen LogP contribution in [0.4, 0.5) is 0 Å². The number of hydrogen-bond acceptors (Lipinski definition) is 4. The van der Waals surface area contributed by atoms with Crippen molar-refractivity contribution >= 4 is 5.71 Å². The molecule has 3 N–H and O–H groups in total. The monoisotopic (exact) mass is 402 g/mol. The minimum atomic E-state index is -0.376. The van der Waals surface area contributed by atoms with Crippen molar-refractivity contribution < 1.29 is 9.94 Å². The summed E-state index contributed by atoms with van der Waals surface area (Å²) in [7, 11) is 0. The van der Waals surface area contributed by atoms with Crippen LogP contribution in [0, 0.1) is 39.9 Å². The number of fused-ring (bicyclic) bond motifs is 6. The van der Waals surface area contributed by atoms with Gasteiger partial charge in [0.05, 0.1) is 11.8 Å². The maximum atomic E-state index is 10.7. The van der Waals surface area contributed by atoms with E-state index in [1.54, 1.807) is 0 Å². The molecule has 0 saturated heterocycles. The standard InChI is InChI=1S/C25H42N2O2/c1-22(2,15-26)29-27-20-10-12-23(3)18-9-11-24(4)17(6-8-21(24)28)16(18)5-7-19(23)25(20)13-14-25/h16-19,21,28H,5-15,26H2,1-4H3/b27-20-/t16-,17-,18-,19?,21-,23+,24-/m0/s1. The normalized spacial score (nSPS) is 49.4. The molecule has 5 aliphatic carbocycles. The van der Waals surface area contributed by atoms with Crippen LogP contribution in [0.5, 0.6) is 0 Å². The third-order valence-corrected chi connectivity index (χ3v) is 10.6. The van der Waals surface area contributed by atoms with Crippen molar-refractivity contribution in [1.82, 2.24) is 0 Å². The zero-order chi connectivity index (χ0) is 20.7. The van der Waals surface area contributed by atoms with E-state index in [1.807, 2.05) is 13.8 Å². The second kappa shape index (κ2) is 6.45. The Morgan fingerprint density at radius 2 is 1.72 bits per heavy atom. The van der Waals surface area contributed by atoms with E-state index in [1.165, 1.54) is 57.1 Å². The van der Waals surface area contributed by atoms with Crippen molar-refractivity contribution in [3.63, 3.8) is 0 Å². The molecule has 5 rings (SSSR count). The Labute approximate surface area is 177 Å². The lowest BCUT2D eigenvalue weighted by atomic mass is 9.43. The van der Waals surface area contributed by atoms with Gasteiger partial charge in [-0.05, 0) is 113 Å². The van der Waals surface area contributed by atoms with Gasteiger partial charge < -0.3 is 15.7 Å². The predicted molar refractivity (Wildman–Crippen MR) is 116 cm³/mol. The first kappa shape index (κ1) is 20.3. The summed E-state index contributed by atoms with van der Waals surface area (Å²) in [4.78, 5) is 5.93. The summed E-state index contributed by atoms with van der Waals surface area (Å²) in [5, 5.41) is 15.4. The molecular weight excluding hydrogens is 360 g/mol. The minimum Gasteiger partial charge on any atom is -0.393 e. The molecule has 0 aliphatic heterocycles. The first-order valence-corrected chi connectivity index (χ1v) is 12.3. The molecule has 0 radical (unpaired) electrons. The molecule has 7 atom stereocenters. The maximum absolute atomic E-state index is 10.7. The van der Waals surface area contributed by atoms with Crippen molar-refractivity contribution in [2.24, 2.45) is 50.8 Å². The van der Waals surface area contributed by atoms with Gasteiger partial charge in [-0.15, -0.1) is 0 Å². The molecule has 0 aromatic carbocycles. The molecule has 5 saturated carbocycles. The summed E-state index contributed by atoms with van der Waals surface area (Å²) in [5.41, 5.74) is 7.77. The Morgan fingerprint density at radius 3 is 2.41 bits per heavy atom. The highest BCUT2D eigenvalue weighted by Crippen LogP contribution is 2.72. The van der Waals surface area contributed by atoms with Gasteiger partial charge in [-0.3, -0.25) is 0 Å². The summed E-state index contributed by atoms with van der Waals surface area (Å²) < 4.78 is 0. The second-order valence-corrected chi connectivity index (χ2v) is 12.4. The van der Waals surface area contributed by atoms with Gasteiger partial charge in [-0.25, -0.2) is 0 Å². The van der Waals surface area contributed by atoms with Crippen molar-refractivity contribution in [2.75, 3.05) is 6.54 Å². The van der Waals surface area contributed by atoms with Crippen LogP contribution in [0.15, 0.2) is 5.16 Å². The largest absolute Gasteiger partial charge is 0.393 e. The molecule has 0 heterocycles. The van der Waals surface area contributed by atoms with E-state index in [9.17, 15) is 5.11 Å². The second-order valence-electron chi connectivity index (χ2n) is 12.4. The molecule has 1 spiro atoms. The highest BCUT2D eigenvalue weighted by molar-refractivity contribution is 5.93. The summed E-state index contributed by atoms with van der Waals surface area (Å²) in [6, 6.07) is 0. The number of aliphatic hydroxyl groups is 1. The van der Waals surface area contributed by atoms with Crippen LogP contribution >= 0.6 is 0 Å². The fourth-order valence-electron chi connectivity index (χ4n) is 8.66. The van der Waals surface area contributed by atoms with Gasteiger partial charge in [0.1, 0.15) is 5.60 Å². The number of nitrogens with two attached hydrogens (primary N) is 1. The van der Waals surface area contributed by atoms with Crippen molar-refractivity contribution in [3.05, 3.63) is 0 Å². The van der Waals surface area contributed by atoms with Crippen LogP contribution in [0.1, 0.15) is 91.9 Å². The number of hydrogen-bond donors (Lipinski definition) is 2. The van der Waals surface area contributed by atoms with Gasteiger partial charge >= 0.3 is 0 Å². The van der Waals surface area contributed by atoms with Crippen LogP contribution in [-0.2, 0) is 4.84 Å². The fourth-order valence-corrected chi connectivity index (χ4v) is 8.66. The lowest BCUT2D eigenvalue weighted by Gasteiger charge is -2.62. The summed E-state index contributed by atoms with van der Waals surface area (Å²) in [5.74, 6) is 3.18. The molecule has 4 nitrogen and oxygen atoms in total. The summed E-state index contributed by atoms with van der Waals surface area (Å²) in [6.07, 6.45) is 12.4. The topological polar surface area (TPSA) is 67.8 Å². The zero-order valence-corrected chi connectivity index (χ0v) is 19.0. The van der Waals surface area contributed by atoms with Crippen molar-refractivity contribution in [1.29, 1.82) is 0 Å². The molecule has 0 aromatic heterocycles. The molecule has 1 unspecified atom stereocenters. The van der Waals surface area contributed by atoms with Gasteiger partial charge in [0.25, 0.3) is 0 Å². The number of rotatable bonds is 3. The average molecular weight is 403 g/mol. The molecule has 4 heteroatoms. The van der Waals surface area contributed by atoms with Crippen LogP contribution in [-0.4, -0.2) is 29.1 Å². The van der Waals surface area contributed by atoms with Crippen LogP contribution in [0.2, 0.25) is 0 Å². The van der Waals surface area contributed by atoms with E-state index >= 15 is 0 Å². The van der Waals surface area contributed by atoms with Crippen LogP contribution in [0.3, 0.4) is 0 Å². The number of oxime groups is 1. The van der Waals surface area contributed by atoms with Gasteiger partial charge in [0.2, 0.25) is 0 Å². The SMILES string of the molecule is CC(C)(CN)O/N=C1/CC[C@@]2(C)C(CC[C@H]3[C@@H]4CC[C@H](O)[C@@]4(C)CC[C@@H]32)C12CC2. The molecule has 5 aliphatic rings. The summed E-state index contributed by atoms with van der Waals surface area (Å²) >= 11 is 0. The van der Waals surface area contributed by atoms with Gasteiger partial charge in [-0.1, -0.05) is 19.0 Å². The van der Waals surface area contributed by atoms with Crippen LogP contribution in [0.25, 0.3) is 0 Å². The zero-order valence-electron chi connectivity index (χ0n) is 19.0. The van der Waals surface area contributed by atoms with Gasteiger partial charge in [-0.2, -0.15) is 0 Å². The van der Waals surface area contributed by atoms with Crippen molar-refractivity contribution in [3.8, 4) is 0 Å². The lowest BCUT2D eigenvalue weighted by Crippen LogP contribution is -2.57. The molecule has 164 valence electrons. The van der Waals surface area contributed by atoms with Gasteiger partial charge in [0.15, 0.2) is 0 Å². The Balaban J connectivity index is 1.40. The first-order valence-electron chi connectivity index (χ1n) is 12.3. The number of aliphatic hydroxyl groups excluding tert-OH is 1. The third-order valence-electron chi connectivity index (χ3n) is 10.6. The van der Waals surface area contributed by atoms with Crippen molar-refractivity contribution in [2.45, 2.75) is 104 Å². The van der Waals surface area contributed by atoms with E-state index in [-0.39, 0.29) is 17.1 Å². The Hall–Kier alpha value is -0.610. The minimum absolute atomic E-state index is 0.0677. The summed E-state index contributed by atoms with van der Waals surface area (Å²) in [6.45, 7) is 9.58. The van der Waals surface area contributed by atoms with E-state index in [0.29, 0.717) is 17.4 Å². The number of nitrogens with zero attached hydrogens (tertiary/aromatic N) is 1. The average Bonchev–Trinajstić information content (AvgIpc) is 3.40. The van der Waals surface area contributed by atoms with E-state index in [2.05, 4.69) is 13.8 Å². The third kappa shape index (κ3) is 2.80. The Kier molecular flexibility index (Phi) is 4.51. The smallest absolute Gasteiger partial charge is 0.144 e. The van der Waals surface area contributed by atoms with Crippen LogP contribution < -0.4 is 5.73 Å². The molecule has 0 aromatic rings. The highest BCUT2D eigenvalue weighted by Gasteiger charge is 2.67. The molecule has 5 fully saturated rings. The Bertz CT molecular complexity index is 699. The maximum Gasteiger partial charge on any atom is 0.144 e. The Morgan fingerprint density at radius 1 is 1.00 bits per heavy atom.